The molecule has 0 aromatic carbocycles. The zero-order chi connectivity index (χ0) is 24.9. The van der Waals surface area contributed by atoms with Crippen LogP contribution in [-0.4, -0.2) is 17.5 Å². The number of hydrogen-bond donors (Lipinski definition) is 0. The summed E-state index contributed by atoms with van der Waals surface area (Å²) >= 11 is 0. The topological polar surface area (TPSA) is 0 Å². The van der Waals surface area contributed by atoms with Gasteiger partial charge in [-0.1, -0.05) is 86.6 Å². The van der Waals surface area contributed by atoms with Gasteiger partial charge in [-0.2, -0.15) is 0 Å². The van der Waals surface area contributed by atoms with Crippen LogP contribution in [0.25, 0.3) is 0 Å². The van der Waals surface area contributed by atoms with Gasteiger partial charge in [-0.05, 0) is 81.1 Å². The van der Waals surface area contributed by atoms with Crippen molar-refractivity contribution >= 4 is 7.26 Å². The van der Waals surface area contributed by atoms with Crippen LogP contribution >= 0.6 is 7.26 Å². The third-order valence-electron chi connectivity index (χ3n) is 9.15. The monoisotopic (exact) mass is 487 g/mol. The second-order valence-electron chi connectivity index (χ2n) is 12.1. The van der Waals surface area contributed by atoms with Gasteiger partial charge in [0.2, 0.25) is 0 Å². The Balaban J connectivity index is 1.70. The van der Waals surface area contributed by atoms with Crippen LogP contribution in [0.15, 0.2) is 94.9 Å². The Hall–Kier alpha value is -1.65. The summed E-state index contributed by atoms with van der Waals surface area (Å²) in [4.78, 5) is 0. The largest absolute Gasteiger partial charge is 0.0963 e. The highest BCUT2D eigenvalue weighted by Crippen LogP contribution is 2.78. The molecule has 0 aromatic heterocycles. The zero-order valence-corrected chi connectivity index (χ0v) is 23.9. The molecule has 4 unspecified atom stereocenters. The molecule has 0 radical (unpaired) electrons. The molecule has 188 valence electrons. The Labute approximate surface area is 216 Å². The standard InChI is InChI=1S/C34H48P/c1-27(22-23-32-28(2)16-14-25-34(32,4)5)24-26-35(30-17-8-6-9-18-30,31-19-10-7-11-20-31)33-21-13-12-15-29(33)3/h6-10,12-13,17,19,22-24,29-30,33H,11,14-16,18,20-21,25-26H2,1-5H3/q+1/b23-22+,27-24+. The van der Waals surface area contributed by atoms with Gasteiger partial charge >= 0.3 is 0 Å². The zero-order valence-electron chi connectivity index (χ0n) is 23.0. The minimum absolute atomic E-state index is 0.304. The molecule has 35 heavy (non-hydrogen) atoms. The van der Waals surface area contributed by atoms with Gasteiger partial charge < -0.3 is 0 Å². The van der Waals surface area contributed by atoms with Crippen molar-refractivity contribution in [3.05, 3.63) is 94.9 Å². The Kier molecular flexibility index (Phi) is 8.76. The third kappa shape index (κ3) is 5.85. The maximum atomic E-state index is 2.63. The van der Waals surface area contributed by atoms with E-state index in [4.69, 9.17) is 0 Å². The van der Waals surface area contributed by atoms with Crippen molar-refractivity contribution < 1.29 is 0 Å². The lowest BCUT2D eigenvalue weighted by atomic mass is 9.72. The van der Waals surface area contributed by atoms with Crippen molar-refractivity contribution in [2.45, 2.75) is 97.3 Å². The minimum Gasteiger partial charge on any atom is -0.0880 e. The number of hydrogen-bond acceptors (Lipinski definition) is 0. The minimum atomic E-state index is -1.43. The quantitative estimate of drug-likeness (QED) is 0.190. The third-order valence-corrected chi connectivity index (χ3v) is 14.8. The van der Waals surface area contributed by atoms with Crippen LogP contribution in [0, 0.1) is 11.3 Å². The summed E-state index contributed by atoms with van der Waals surface area (Å²) in [5.41, 5.74) is 6.38. The highest BCUT2D eigenvalue weighted by Gasteiger charge is 2.54. The molecule has 4 aliphatic carbocycles. The normalized spacial score (nSPS) is 30.6. The van der Waals surface area contributed by atoms with E-state index >= 15 is 0 Å². The van der Waals surface area contributed by atoms with Crippen LogP contribution in [0.1, 0.15) is 86.0 Å². The molecule has 0 bridgehead atoms. The van der Waals surface area contributed by atoms with Gasteiger partial charge in [-0.15, -0.1) is 0 Å². The first-order valence-corrected chi connectivity index (χ1v) is 16.2. The lowest BCUT2D eigenvalue weighted by molar-refractivity contribution is 0.377. The molecule has 0 aliphatic heterocycles. The van der Waals surface area contributed by atoms with Gasteiger partial charge in [-0.25, -0.2) is 0 Å². The fraction of sp³-hybridized carbons (Fsp3) is 0.529. The van der Waals surface area contributed by atoms with Gasteiger partial charge in [0, 0.05) is 19.3 Å². The van der Waals surface area contributed by atoms with Gasteiger partial charge in [0.25, 0.3) is 0 Å². The van der Waals surface area contributed by atoms with E-state index in [1.807, 2.05) is 0 Å². The Morgan fingerprint density at radius 2 is 1.86 bits per heavy atom. The SMILES string of the molecule is CC1=C(/C=C/C(C)=C/C[P+](C2=CC=CCC2)(C2C=CC=CC2)C2CC=CCC2C)C(C)(C)CCC1. The van der Waals surface area contributed by atoms with E-state index < -0.39 is 7.26 Å². The molecule has 0 saturated heterocycles. The predicted octanol–water partition coefficient (Wildman–Crippen LogP) is 10.5. The van der Waals surface area contributed by atoms with E-state index in [2.05, 4.69) is 108 Å². The smallest absolute Gasteiger partial charge is 0.0880 e. The molecule has 0 saturated carbocycles. The second kappa shape index (κ2) is 11.6. The molecule has 0 amide bonds. The Morgan fingerprint density at radius 3 is 2.54 bits per heavy atom. The van der Waals surface area contributed by atoms with Crippen molar-refractivity contribution in [3.8, 4) is 0 Å². The highest BCUT2D eigenvalue weighted by atomic mass is 31.2. The maximum Gasteiger partial charge on any atom is 0.0963 e. The van der Waals surface area contributed by atoms with Gasteiger partial charge in [0.1, 0.15) is 0 Å². The summed E-state index contributed by atoms with van der Waals surface area (Å²) in [5, 5.41) is 1.80. The van der Waals surface area contributed by atoms with Crippen LogP contribution in [0.2, 0.25) is 0 Å². The van der Waals surface area contributed by atoms with E-state index in [0.717, 1.165) is 11.6 Å². The summed E-state index contributed by atoms with van der Waals surface area (Å²) in [6.07, 6.45) is 40.6. The molecule has 0 spiro atoms. The van der Waals surface area contributed by atoms with Crippen LogP contribution in [0.4, 0.5) is 0 Å². The lowest BCUT2D eigenvalue weighted by Gasteiger charge is -2.44. The van der Waals surface area contributed by atoms with E-state index in [1.165, 1.54) is 63.1 Å². The predicted molar refractivity (Wildman–Crippen MR) is 159 cm³/mol. The van der Waals surface area contributed by atoms with Crippen LogP contribution in [-0.2, 0) is 0 Å². The molecule has 4 atom stereocenters. The fourth-order valence-corrected chi connectivity index (χ4v) is 13.1. The summed E-state index contributed by atoms with van der Waals surface area (Å²) in [6, 6.07) is 0. The molecule has 4 aliphatic rings. The average molecular weight is 488 g/mol. The summed E-state index contributed by atoms with van der Waals surface area (Å²) < 4.78 is 0. The van der Waals surface area contributed by atoms with E-state index in [0.29, 0.717) is 11.1 Å². The Morgan fingerprint density at radius 1 is 1.03 bits per heavy atom. The van der Waals surface area contributed by atoms with E-state index in [9.17, 15) is 0 Å². The van der Waals surface area contributed by atoms with Crippen molar-refractivity contribution in [2.75, 3.05) is 6.16 Å². The second-order valence-corrected chi connectivity index (χ2v) is 16.2. The molecule has 0 fully saturated rings. The molecular formula is C34H48P+. The van der Waals surface area contributed by atoms with Crippen molar-refractivity contribution in [2.24, 2.45) is 11.3 Å². The molecule has 0 heterocycles. The molecule has 0 aromatic rings. The molecule has 0 nitrogen and oxygen atoms in total. The average Bonchev–Trinajstić information content (AvgIpc) is 2.86. The molecule has 0 N–H and O–H groups in total. The van der Waals surface area contributed by atoms with E-state index in [-0.39, 0.29) is 0 Å². The lowest BCUT2D eigenvalue weighted by Crippen LogP contribution is -2.32. The number of allylic oxidation sites excluding steroid dienone is 16. The van der Waals surface area contributed by atoms with Crippen LogP contribution in [0.5, 0.6) is 0 Å². The summed E-state index contributed by atoms with van der Waals surface area (Å²) in [5.74, 6) is 0.763. The van der Waals surface area contributed by atoms with Gasteiger partial charge in [0.15, 0.2) is 0 Å². The summed E-state index contributed by atoms with van der Waals surface area (Å²) in [7, 11) is -1.43. The van der Waals surface area contributed by atoms with Crippen LogP contribution < -0.4 is 0 Å². The van der Waals surface area contributed by atoms with Gasteiger partial charge in [-0.3, -0.25) is 0 Å². The summed E-state index contributed by atoms with van der Waals surface area (Å²) in [6.45, 7) is 12.1. The van der Waals surface area contributed by atoms with E-state index in [1.54, 1.807) is 16.5 Å². The molecular weight excluding hydrogens is 439 g/mol. The first-order valence-electron chi connectivity index (χ1n) is 14.1. The first-order chi connectivity index (χ1) is 16.8. The maximum absolute atomic E-state index is 2.63. The fourth-order valence-electron chi connectivity index (χ4n) is 7.07. The highest BCUT2D eigenvalue weighted by molar-refractivity contribution is 7.81. The number of rotatable bonds is 7. The first kappa shape index (κ1) is 26.4. The van der Waals surface area contributed by atoms with Gasteiger partial charge in [0.05, 0.1) is 30.1 Å². The van der Waals surface area contributed by atoms with Crippen molar-refractivity contribution in [1.82, 2.24) is 0 Å². The molecule has 1 heteroatoms. The Bertz CT molecular complexity index is 1010. The van der Waals surface area contributed by atoms with Crippen molar-refractivity contribution in [3.63, 3.8) is 0 Å². The van der Waals surface area contributed by atoms with Crippen molar-refractivity contribution in [1.29, 1.82) is 0 Å². The molecule has 4 rings (SSSR count). The van der Waals surface area contributed by atoms with Crippen LogP contribution in [0.3, 0.4) is 0 Å².